The number of carbonyl (C=O) groups excluding carboxylic acids is 1. The van der Waals surface area contributed by atoms with Gasteiger partial charge in [-0.1, -0.05) is 28.1 Å². The van der Waals surface area contributed by atoms with Gasteiger partial charge >= 0.3 is 0 Å². The number of amides is 1. The molecular formula is C17H23BrN2O2. The van der Waals surface area contributed by atoms with Crippen LogP contribution in [0, 0.1) is 0 Å². The molecular weight excluding hydrogens is 344 g/mol. The summed E-state index contributed by atoms with van der Waals surface area (Å²) in [6.45, 7) is 8.28. The van der Waals surface area contributed by atoms with Gasteiger partial charge in [-0.05, 0) is 37.6 Å². The molecule has 1 N–H and O–H groups in total. The third-order valence-corrected chi connectivity index (χ3v) is 4.39. The van der Waals surface area contributed by atoms with E-state index >= 15 is 0 Å². The second kappa shape index (κ2) is 7.90. The Morgan fingerprint density at radius 1 is 1.32 bits per heavy atom. The lowest BCUT2D eigenvalue weighted by Gasteiger charge is -2.40. The van der Waals surface area contributed by atoms with E-state index in [9.17, 15) is 4.79 Å². The SMILES string of the molecule is CC(C)(CNC(=O)/C=C/c1ccc(Br)cc1)N1CCOCC1. The fraction of sp³-hybridized carbons (Fsp3) is 0.471. The van der Waals surface area contributed by atoms with E-state index in [4.69, 9.17) is 4.74 Å². The molecule has 0 spiro atoms. The van der Waals surface area contributed by atoms with Crippen LogP contribution in [0.3, 0.4) is 0 Å². The summed E-state index contributed by atoms with van der Waals surface area (Å²) in [7, 11) is 0. The molecule has 120 valence electrons. The first-order valence-corrected chi connectivity index (χ1v) is 8.31. The summed E-state index contributed by atoms with van der Waals surface area (Å²) in [6.07, 6.45) is 3.40. The molecule has 0 unspecified atom stereocenters. The van der Waals surface area contributed by atoms with E-state index in [0.717, 1.165) is 36.3 Å². The van der Waals surface area contributed by atoms with Crippen LogP contribution in [0.2, 0.25) is 0 Å². The van der Waals surface area contributed by atoms with E-state index in [0.29, 0.717) is 6.54 Å². The molecule has 0 saturated carbocycles. The van der Waals surface area contributed by atoms with Gasteiger partial charge in [-0.2, -0.15) is 0 Å². The van der Waals surface area contributed by atoms with Crippen LogP contribution in [0.5, 0.6) is 0 Å². The lowest BCUT2D eigenvalue weighted by molar-refractivity contribution is -0.117. The molecule has 1 amide bonds. The predicted molar refractivity (Wildman–Crippen MR) is 92.7 cm³/mol. The van der Waals surface area contributed by atoms with Crippen molar-refractivity contribution >= 4 is 27.9 Å². The lowest BCUT2D eigenvalue weighted by Crippen LogP contribution is -2.55. The van der Waals surface area contributed by atoms with Crippen molar-refractivity contribution in [1.82, 2.24) is 10.2 Å². The maximum absolute atomic E-state index is 12.0. The van der Waals surface area contributed by atoms with Gasteiger partial charge < -0.3 is 10.1 Å². The van der Waals surface area contributed by atoms with Gasteiger partial charge in [0.2, 0.25) is 5.91 Å². The molecule has 0 atom stereocenters. The number of morpholine rings is 1. The van der Waals surface area contributed by atoms with Crippen LogP contribution < -0.4 is 5.32 Å². The Morgan fingerprint density at radius 2 is 1.95 bits per heavy atom. The molecule has 1 aromatic rings. The summed E-state index contributed by atoms with van der Waals surface area (Å²) >= 11 is 3.39. The van der Waals surface area contributed by atoms with Crippen LogP contribution in [-0.4, -0.2) is 49.2 Å². The minimum absolute atomic E-state index is 0.0646. The van der Waals surface area contributed by atoms with Crippen LogP contribution in [0.1, 0.15) is 19.4 Å². The van der Waals surface area contributed by atoms with Gasteiger partial charge in [-0.3, -0.25) is 9.69 Å². The van der Waals surface area contributed by atoms with Crippen molar-refractivity contribution in [3.8, 4) is 0 Å². The minimum Gasteiger partial charge on any atom is -0.379 e. The molecule has 4 nitrogen and oxygen atoms in total. The number of nitrogens with zero attached hydrogens (tertiary/aromatic N) is 1. The van der Waals surface area contributed by atoms with Crippen LogP contribution in [0.4, 0.5) is 0 Å². The fourth-order valence-corrected chi connectivity index (χ4v) is 2.65. The summed E-state index contributed by atoms with van der Waals surface area (Å²) in [6, 6.07) is 7.84. The Kier molecular flexibility index (Phi) is 6.17. The summed E-state index contributed by atoms with van der Waals surface area (Å²) < 4.78 is 6.40. The first kappa shape index (κ1) is 17.2. The molecule has 0 bridgehead atoms. The number of nitrogens with one attached hydrogen (secondary N) is 1. The van der Waals surface area contributed by atoms with Gasteiger partial charge in [0.1, 0.15) is 0 Å². The standard InChI is InChI=1S/C17H23BrN2O2/c1-17(2,20-9-11-22-12-10-20)13-19-16(21)8-5-14-3-6-15(18)7-4-14/h3-8H,9-13H2,1-2H3,(H,19,21)/b8-5+. The molecule has 1 fully saturated rings. The maximum atomic E-state index is 12.0. The molecule has 1 aromatic carbocycles. The first-order chi connectivity index (χ1) is 10.5. The minimum atomic E-state index is -0.0655. The quantitative estimate of drug-likeness (QED) is 0.814. The van der Waals surface area contributed by atoms with Crippen molar-refractivity contribution in [2.24, 2.45) is 0 Å². The van der Waals surface area contributed by atoms with Crippen molar-refractivity contribution in [2.75, 3.05) is 32.8 Å². The molecule has 1 heterocycles. The Morgan fingerprint density at radius 3 is 2.59 bits per heavy atom. The lowest BCUT2D eigenvalue weighted by atomic mass is 10.0. The molecule has 0 radical (unpaired) electrons. The second-order valence-corrected chi connectivity index (χ2v) is 6.93. The number of rotatable bonds is 5. The zero-order chi connectivity index (χ0) is 16.0. The number of ether oxygens (including phenoxy) is 1. The normalized spacial score (nSPS) is 16.9. The molecule has 0 aliphatic carbocycles. The third kappa shape index (κ3) is 5.23. The molecule has 22 heavy (non-hydrogen) atoms. The summed E-state index contributed by atoms with van der Waals surface area (Å²) in [4.78, 5) is 14.3. The van der Waals surface area contributed by atoms with Crippen molar-refractivity contribution in [3.63, 3.8) is 0 Å². The highest BCUT2D eigenvalue weighted by Gasteiger charge is 2.28. The topological polar surface area (TPSA) is 41.6 Å². The molecule has 0 aromatic heterocycles. The third-order valence-electron chi connectivity index (χ3n) is 3.86. The highest BCUT2D eigenvalue weighted by atomic mass is 79.9. The number of benzene rings is 1. The number of halogens is 1. The van der Waals surface area contributed by atoms with E-state index in [1.165, 1.54) is 0 Å². The van der Waals surface area contributed by atoms with Crippen molar-refractivity contribution in [3.05, 3.63) is 40.4 Å². The van der Waals surface area contributed by atoms with Gasteiger partial charge in [0.15, 0.2) is 0 Å². The largest absolute Gasteiger partial charge is 0.379 e. The summed E-state index contributed by atoms with van der Waals surface area (Å²) in [5.74, 6) is -0.0655. The zero-order valence-electron chi connectivity index (χ0n) is 13.1. The van der Waals surface area contributed by atoms with E-state index in [2.05, 4.69) is 40.0 Å². The Bertz CT molecular complexity index is 520. The van der Waals surface area contributed by atoms with E-state index in [1.54, 1.807) is 6.08 Å². The fourth-order valence-electron chi connectivity index (χ4n) is 2.39. The maximum Gasteiger partial charge on any atom is 0.244 e. The van der Waals surface area contributed by atoms with Crippen LogP contribution in [0.25, 0.3) is 6.08 Å². The molecule has 5 heteroatoms. The van der Waals surface area contributed by atoms with Gasteiger partial charge in [0, 0.05) is 35.7 Å². The summed E-state index contributed by atoms with van der Waals surface area (Å²) in [5.41, 5.74) is 0.941. The summed E-state index contributed by atoms with van der Waals surface area (Å²) in [5, 5.41) is 2.98. The first-order valence-electron chi connectivity index (χ1n) is 7.52. The number of carbonyl (C=O) groups is 1. The Balaban J connectivity index is 1.82. The predicted octanol–water partition coefficient (Wildman–Crippen LogP) is 2.69. The molecule has 1 aliphatic rings. The Hall–Kier alpha value is -1.17. The Labute approximate surface area is 140 Å². The van der Waals surface area contributed by atoms with Gasteiger partial charge in [-0.25, -0.2) is 0 Å². The molecule has 2 rings (SSSR count). The van der Waals surface area contributed by atoms with Crippen molar-refractivity contribution in [2.45, 2.75) is 19.4 Å². The number of hydrogen-bond donors (Lipinski definition) is 1. The highest BCUT2D eigenvalue weighted by Crippen LogP contribution is 2.15. The van der Waals surface area contributed by atoms with E-state index < -0.39 is 0 Å². The van der Waals surface area contributed by atoms with Crippen molar-refractivity contribution in [1.29, 1.82) is 0 Å². The smallest absolute Gasteiger partial charge is 0.244 e. The van der Waals surface area contributed by atoms with Crippen molar-refractivity contribution < 1.29 is 9.53 Å². The average molecular weight is 367 g/mol. The van der Waals surface area contributed by atoms with Crippen LogP contribution in [-0.2, 0) is 9.53 Å². The van der Waals surface area contributed by atoms with Crippen LogP contribution >= 0.6 is 15.9 Å². The van der Waals surface area contributed by atoms with E-state index in [1.807, 2.05) is 30.3 Å². The average Bonchev–Trinajstić information content (AvgIpc) is 2.53. The monoisotopic (exact) mass is 366 g/mol. The van der Waals surface area contributed by atoms with Gasteiger partial charge in [0.05, 0.1) is 13.2 Å². The zero-order valence-corrected chi connectivity index (χ0v) is 14.7. The van der Waals surface area contributed by atoms with E-state index in [-0.39, 0.29) is 11.4 Å². The second-order valence-electron chi connectivity index (χ2n) is 6.01. The van der Waals surface area contributed by atoms with Gasteiger partial charge in [-0.15, -0.1) is 0 Å². The highest BCUT2D eigenvalue weighted by molar-refractivity contribution is 9.10. The molecule has 1 aliphatic heterocycles. The van der Waals surface area contributed by atoms with Crippen LogP contribution in [0.15, 0.2) is 34.8 Å². The van der Waals surface area contributed by atoms with Gasteiger partial charge in [0.25, 0.3) is 0 Å². The number of hydrogen-bond acceptors (Lipinski definition) is 3. The molecule has 1 saturated heterocycles.